The van der Waals surface area contributed by atoms with Gasteiger partial charge in [0.2, 0.25) is 15.9 Å². The standard InChI is InChI=1S/C16H21ClN2O3S/c1-2-8-18-16(20)14-6-4-9-19(11-14)23(21,22)12-13-5-3-7-15(17)10-13/h2-3,5,7,10,14H,1,4,6,8-9,11-12H2,(H,18,20). The van der Waals surface area contributed by atoms with Crippen LogP contribution in [-0.4, -0.2) is 38.3 Å². The van der Waals surface area contributed by atoms with Crippen molar-refractivity contribution in [3.8, 4) is 0 Å². The van der Waals surface area contributed by atoms with Crippen LogP contribution in [0, 0.1) is 5.92 Å². The van der Waals surface area contributed by atoms with Gasteiger partial charge in [0.15, 0.2) is 0 Å². The topological polar surface area (TPSA) is 66.5 Å². The molecule has 0 bridgehead atoms. The largest absolute Gasteiger partial charge is 0.352 e. The Morgan fingerprint density at radius 1 is 1.48 bits per heavy atom. The second-order valence-electron chi connectivity index (χ2n) is 5.62. The summed E-state index contributed by atoms with van der Waals surface area (Å²) in [5.74, 6) is -0.528. The molecule has 2 rings (SSSR count). The number of carbonyl (C=O) groups excluding carboxylic acids is 1. The molecule has 0 spiro atoms. The van der Waals surface area contributed by atoms with Crippen molar-refractivity contribution in [1.29, 1.82) is 0 Å². The Morgan fingerprint density at radius 2 is 2.26 bits per heavy atom. The molecule has 1 aliphatic heterocycles. The summed E-state index contributed by atoms with van der Waals surface area (Å²) >= 11 is 5.90. The van der Waals surface area contributed by atoms with Crippen LogP contribution < -0.4 is 5.32 Å². The summed E-state index contributed by atoms with van der Waals surface area (Å²) in [6, 6.07) is 6.83. The van der Waals surface area contributed by atoms with Crippen molar-refractivity contribution < 1.29 is 13.2 Å². The maximum absolute atomic E-state index is 12.6. The van der Waals surface area contributed by atoms with Crippen molar-refractivity contribution in [2.24, 2.45) is 5.92 Å². The molecule has 1 atom stereocenters. The van der Waals surface area contributed by atoms with Gasteiger partial charge >= 0.3 is 0 Å². The van der Waals surface area contributed by atoms with E-state index in [-0.39, 0.29) is 24.1 Å². The lowest BCUT2D eigenvalue weighted by Gasteiger charge is -2.31. The molecule has 7 heteroatoms. The van der Waals surface area contributed by atoms with E-state index >= 15 is 0 Å². The maximum atomic E-state index is 12.6. The van der Waals surface area contributed by atoms with Gasteiger partial charge in [-0.25, -0.2) is 12.7 Å². The Kier molecular flexibility index (Phi) is 6.21. The Hall–Kier alpha value is -1.37. The van der Waals surface area contributed by atoms with E-state index in [0.29, 0.717) is 36.5 Å². The number of hydrogen-bond acceptors (Lipinski definition) is 3. The zero-order valence-corrected chi connectivity index (χ0v) is 14.4. The summed E-state index contributed by atoms with van der Waals surface area (Å²) in [7, 11) is -3.47. The molecule has 5 nitrogen and oxygen atoms in total. The minimum absolute atomic E-state index is 0.103. The molecule has 1 unspecified atom stereocenters. The highest BCUT2D eigenvalue weighted by atomic mass is 35.5. The number of halogens is 1. The van der Waals surface area contributed by atoms with Gasteiger partial charge in [0.25, 0.3) is 0 Å². The molecule has 1 aliphatic rings. The minimum atomic E-state index is -3.47. The lowest BCUT2D eigenvalue weighted by molar-refractivity contribution is -0.125. The summed E-state index contributed by atoms with van der Waals surface area (Å²) in [4.78, 5) is 12.0. The summed E-state index contributed by atoms with van der Waals surface area (Å²) in [6.45, 7) is 4.63. The molecule has 0 aromatic heterocycles. The van der Waals surface area contributed by atoms with E-state index in [1.54, 1.807) is 30.3 Å². The van der Waals surface area contributed by atoms with Gasteiger partial charge in [0.1, 0.15) is 0 Å². The highest BCUT2D eigenvalue weighted by Crippen LogP contribution is 2.22. The summed E-state index contributed by atoms with van der Waals surface area (Å²) in [5, 5.41) is 3.25. The Morgan fingerprint density at radius 3 is 2.96 bits per heavy atom. The molecule has 126 valence electrons. The normalized spacial score (nSPS) is 19.3. The van der Waals surface area contributed by atoms with Gasteiger partial charge in [0.05, 0.1) is 11.7 Å². The molecular formula is C16H21ClN2O3S. The number of amides is 1. The molecule has 1 amide bonds. The highest BCUT2D eigenvalue weighted by Gasteiger charge is 2.32. The molecule has 1 saturated heterocycles. The second-order valence-corrected chi connectivity index (χ2v) is 8.02. The average Bonchev–Trinajstić information content (AvgIpc) is 2.52. The second kappa shape index (κ2) is 7.95. The van der Waals surface area contributed by atoms with E-state index in [1.807, 2.05) is 0 Å². The first kappa shape index (κ1) is 18.0. The van der Waals surface area contributed by atoms with Crippen LogP contribution in [0.2, 0.25) is 5.02 Å². The zero-order valence-electron chi connectivity index (χ0n) is 12.9. The average molecular weight is 357 g/mol. The van der Waals surface area contributed by atoms with E-state index < -0.39 is 10.0 Å². The predicted octanol–water partition coefficient (Wildman–Crippen LogP) is 2.18. The van der Waals surface area contributed by atoms with Crippen LogP contribution in [0.3, 0.4) is 0 Å². The fraction of sp³-hybridized carbons (Fsp3) is 0.438. The first-order valence-corrected chi connectivity index (χ1v) is 9.52. The summed E-state index contributed by atoms with van der Waals surface area (Å²) in [5.41, 5.74) is 0.649. The van der Waals surface area contributed by atoms with Gasteiger partial charge in [-0.15, -0.1) is 6.58 Å². The molecule has 0 aliphatic carbocycles. The number of sulfonamides is 1. The van der Waals surface area contributed by atoms with Crippen LogP contribution in [0.15, 0.2) is 36.9 Å². The van der Waals surface area contributed by atoms with Crippen molar-refractivity contribution in [2.75, 3.05) is 19.6 Å². The van der Waals surface area contributed by atoms with Crippen LogP contribution in [-0.2, 0) is 20.6 Å². The van der Waals surface area contributed by atoms with E-state index in [9.17, 15) is 13.2 Å². The SMILES string of the molecule is C=CCNC(=O)C1CCCN(S(=O)(=O)Cc2cccc(Cl)c2)C1. The van der Waals surface area contributed by atoms with E-state index in [0.717, 1.165) is 0 Å². The summed E-state index contributed by atoms with van der Waals surface area (Å²) < 4.78 is 26.6. The van der Waals surface area contributed by atoms with Crippen LogP contribution in [0.5, 0.6) is 0 Å². The van der Waals surface area contributed by atoms with Gasteiger partial charge in [-0.1, -0.05) is 29.8 Å². The van der Waals surface area contributed by atoms with Gasteiger partial charge in [-0.2, -0.15) is 0 Å². The molecule has 0 radical (unpaired) electrons. The smallest absolute Gasteiger partial charge is 0.224 e. The lowest BCUT2D eigenvalue weighted by Crippen LogP contribution is -2.45. The third-order valence-corrected chi connectivity index (χ3v) is 5.86. The minimum Gasteiger partial charge on any atom is -0.352 e. The third kappa shape index (κ3) is 5.06. The van der Waals surface area contributed by atoms with Crippen LogP contribution in [0.25, 0.3) is 0 Å². The van der Waals surface area contributed by atoms with E-state index in [4.69, 9.17) is 11.6 Å². The zero-order chi connectivity index (χ0) is 16.9. The highest BCUT2D eigenvalue weighted by molar-refractivity contribution is 7.88. The maximum Gasteiger partial charge on any atom is 0.224 e. The van der Waals surface area contributed by atoms with Crippen molar-refractivity contribution in [3.63, 3.8) is 0 Å². The number of nitrogens with zero attached hydrogens (tertiary/aromatic N) is 1. The molecule has 1 fully saturated rings. The molecule has 1 heterocycles. The van der Waals surface area contributed by atoms with Gasteiger partial charge in [-0.05, 0) is 30.5 Å². The van der Waals surface area contributed by atoms with Crippen molar-refractivity contribution in [2.45, 2.75) is 18.6 Å². The number of benzene rings is 1. The predicted molar refractivity (Wildman–Crippen MR) is 91.6 cm³/mol. The monoisotopic (exact) mass is 356 g/mol. The van der Waals surface area contributed by atoms with Crippen molar-refractivity contribution in [1.82, 2.24) is 9.62 Å². The van der Waals surface area contributed by atoms with Crippen LogP contribution in [0.1, 0.15) is 18.4 Å². The van der Waals surface area contributed by atoms with Gasteiger partial charge < -0.3 is 5.32 Å². The number of carbonyl (C=O) groups is 1. The molecule has 1 N–H and O–H groups in total. The molecule has 0 saturated carbocycles. The van der Waals surface area contributed by atoms with Crippen LogP contribution in [0.4, 0.5) is 0 Å². The first-order valence-electron chi connectivity index (χ1n) is 7.53. The fourth-order valence-corrected chi connectivity index (χ4v) is 4.47. The fourth-order valence-electron chi connectivity index (χ4n) is 2.65. The Labute approximate surface area is 142 Å². The molecule has 23 heavy (non-hydrogen) atoms. The van der Waals surface area contributed by atoms with E-state index in [1.165, 1.54) is 4.31 Å². The lowest BCUT2D eigenvalue weighted by atomic mass is 9.99. The summed E-state index contributed by atoms with van der Waals surface area (Å²) in [6.07, 6.45) is 2.99. The van der Waals surface area contributed by atoms with Crippen molar-refractivity contribution in [3.05, 3.63) is 47.5 Å². The molecular weight excluding hydrogens is 336 g/mol. The number of rotatable bonds is 6. The van der Waals surface area contributed by atoms with E-state index in [2.05, 4.69) is 11.9 Å². The van der Waals surface area contributed by atoms with Crippen molar-refractivity contribution >= 4 is 27.5 Å². The quantitative estimate of drug-likeness (QED) is 0.794. The Bertz CT molecular complexity index is 676. The third-order valence-electron chi connectivity index (χ3n) is 3.81. The molecule has 1 aromatic rings. The van der Waals surface area contributed by atoms with Gasteiger partial charge in [0, 0.05) is 24.7 Å². The number of nitrogens with one attached hydrogen (secondary N) is 1. The Balaban J connectivity index is 2.04. The van der Waals surface area contributed by atoms with Gasteiger partial charge in [-0.3, -0.25) is 4.79 Å². The number of hydrogen-bond donors (Lipinski definition) is 1. The number of piperidine rings is 1. The molecule has 1 aromatic carbocycles. The first-order chi connectivity index (χ1) is 10.9. The van der Waals surface area contributed by atoms with Crippen LogP contribution >= 0.6 is 11.6 Å².